The molecule has 0 aliphatic rings. The van der Waals surface area contributed by atoms with Gasteiger partial charge in [-0.1, -0.05) is 54.1 Å². The van der Waals surface area contributed by atoms with Gasteiger partial charge in [-0.05, 0) is 42.0 Å². The number of sulfonamides is 1. The zero-order chi connectivity index (χ0) is 24.0. The Morgan fingerprint density at radius 1 is 0.909 bits per heavy atom. The van der Waals surface area contributed by atoms with Gasteiger partial charge in [0, 0.05) is 19.8 Å². The van der Waals surface area contributed by atoms with Gasteiger partial charge in [0.25, 0.3) is 5.91 Å². The van der Waals surface area contributed by atoms with Crippen LogP contribution in [0.25, 0.3) is 0 Å². The lowest BCUT2D eigenvalue weighted by Gasteiger charge is -2.19. The van der Waals surface area contributed by atoms with E-state index in [9.17, 15) is 18.0 Å². The van der Waals surface area contributed by atoms with Crippen molar-refractivity contribution in [2.24, 2.45) is 0 Å². The van der Waals surface area contributed by atoms with Crippen LogP contribution in [0.4, 0.5) is 5.69 Å². The molecule has 172 valence electrons. The van der Waals surface area contributed by atoms with Crippen molar-refractivity contribution in [3.05, 3.63) is 95.0 Å². The van der Waals surface area contributed by atoms with Crippen LogP contribution in [0.2, 0.25) is 5.02 Å². The van der Waals surface area contributed by atoms with Gasteiger partial charge >= 0.3 is 0 Å². The van der Waals surface area contributed by atoms with Gasteiger partial charge in [0.2, 0.25) is 15.9 Å². The van der Waals surface area contributed by atoms with Gasteiger partial charge in [-0.25, -0.2) is 12.7 Å². The average molecular weight is 486 g/mol. The largest absolute Gasteiger partial charge is 0.345 e. The Kier molecular flexibility index (Phi) is 7.86. The van der Waals surface area contributed by atoms with Crippen molar-refractivity contribution in [2.45, 2.75) is 17.4 Å². The minimum absolute atomic E-state index is 0.0298. The molecule has 2 N–H and O–H groups in total. The summed E-state index contributed by atoms with van der Waals surface area (Å²) in [6.45, 7) is 0. The highest BCUT2D eigenvalue weighted by Crippen LogP contribution is 2.22. The summed E-state index contributed by atoms with van der Waals surface area (Å²) in [5.74, 6) is -0.730. The van der Waals surface area contributed by atoms with Crippen molar-refractivity contribution in [2.75, 3.05) is 19.4 Å². The number of hydrogen-bond acceptors (Lipinski definition) is 4. The molecule has 9 heteroatoms. The highest BCUT2D eigenvalue weighted by molar-refractivity contribution is 7.89. The van der Waals surface area contributed by atoms with Gasteiger partial charge < -0.3 is 10.6 Å². The summed E-state index contributed by atoms with van der Waals surface area (Å²) < 4.78 is 25.5. The minimum atomic E-state index is -3.56. The standard InChI is InChI=1S/C24H24ClN3O4S/c1-28(2)33(31,32)19-14-12-18(13-15-19)26-23(29)16-22(17-8-4-3-5-9-17)27-24(30)20-10-6-7-11-21(20)25/h3-15,22H,16H2,1-2H3,(H,26,29)(H,27,30)/t22-/m0/s1. The number of anilines is 1. The number of hydrogen-bond donors (Lipinski definition) is 2. The average Bonchev–Trinajstić information content (AvgIpc) is 2.79. The lowest BCUT2D eigenvalue weighted by Crippen LogP contribution is -2.31. The van der Waals surface area contributed by atoms with Crippen LogP contribution in [-0.2, 0) is 14.8 Å². The zero-order valence-electron chi connectivity index (χ0n) is 18.2. The molecule has 0 aromatic heterocycles. The highest BCUT2D eigenvalue weighted by atomic mass is 35.5. The van der Waals surface area contributed by atoms with Crippen molar-refractivity contribution in [3.63, 3.8) is 0 Å². The Morgan fingerprint density at radius 2 is 1.52 bits per heavy atom. The molecule has 1 atom stereocenters. The fourth-order valence-corrected chi connectivity index (χ4v) is 4.26. The smallest absolute Gasteiger partial charge is 0.253 e. The fourth-order valence-electron chi connectivity index (χ4n) is 3.14. The Bertz CT molecular complexity index is 1230. The topological polar surface area (TPSA) is 95.6 Å². The fraction of sp³-hybridized carbons (Fsp3) is 0.167. The van der Waals surface area contributed by atoms with Crippen LogP contribution in [0.1, 0.15) is 28.4 Å². The van der Waals surface area contributed by atoms with Crippen molar-refractivity contribution < 1.29 is 18.0 Å². The van der Waals surface area contributed by atoms with E-state index in [-0.39, 0.29) is 23.1 Å². The molecule has 33 heavy (non-hydrogen) atoms. The molecule has 0 aliphatic carbocycles. The Balaban J connectivity index is 1.74. The Morgan fingerprint density at radius 3 is 2.12 bits per heavy atom. The summed E-state index contributed by atoms with van der Waals surface area (Å²) in [4.78, 5) is 25.7. The summed E-state index contributed by atoms with van der Waals surface area (Å²) in [5, 5.41) is 5.95. The molecule has 0 aliphatic heterocycles. The molecule has 3 rings (SSSR count). The van der Waals surface area contributed by atoms with E-state index in [1.54, 1.807) is 24.3 Å². The molecule has 0 bridgehead atoms. The van der Waals surface area contributed by atoms with E-state index in [1.807, 2.05) is 30.3 Å². The van der Waals surface area contributed by atoms with Crippen LogP contribution < -0.4 is 10.6 Å². The first-order chi connectivity index (χ1) is 15.7. The third-order valence-corrected chi connectivity index (χ3v) is 7.09. The second-order valence-corrected chi connectivity index (χ2v) is 10.0. The number of carbonyl (C=O) groups is 2. The van der Waals surface area contributed by atoms with Crippen molar-refractivity contribution in [3.8, 4) is 0 Å². The number of rotatable bonds is 8. The lowest BCUT2D eigenvalue weighted by molar-refractivity contribution is -0.116. The number of benzene rings is 3. The molecule has 0 heterocycles. The normalized spacial score (nSPS) is 12.2. The molecule has 2 amide bonds. The quantitative estimate of drug-likeness (QED) is 0.502. The molecule has 3 aromatic carbocycles. The van der Waals surface area contributed by atoms with E-state index in [1.165, 1.54) is 38.4 Å². The molecule has 0 spiro atoms. The van der Waals surface area contributed by atoms with Crippen molar-refractivity contribution >= 4 is 39.1 Å². The second kappa shape index (κ2) is 10.6. The number of halogens is 1. The SMILES string of the molecule is CN(C)S(=O)(=O)c1ccc(NC(=O)C[C@H](NC(=O)c2ccccc2Cl)c2ccccc2)cc1. The number of nitrogens with one attached hydrogen (secondary N) is 2. The van der Waals surface area contributed by atoms with Crippen LogP contribution in [0.5, 0.6) is 0 Å². The van der Waals surface area contributed by atoms with E-state index in [0.29, 0.717) is 16.3 Å². The monoisotopic (exact) mass is 485 g/mol. The maximum absolute atomic E-state index is 12.8. The second-order valence-electron chi connectivity index (χ2n) is 7.48. The van der Waals surface area contributed by atoms with E-state index in [2.05, 4.69) is 10.6 Å². The zero-order valence-corrected chi connectivity index (χ0v) is 19.7. The number of amides is 2. The van der Waals surface area contributed by atoms with Gasteiger partial charge in [0.15, 0.2) is 0 Å². The molecule has 3 aromatic rings. The highest BCUT2D eigenvalue weighted by Gasteiger charge is 2.21. The van der Waals surface area contributed by atoms with Gasteiger partial charge in [0.05, 0.1) is 27.9 Å². The predicted molar refractivity (Wildman–Crippen MR) is 129 cm³/mol. The van der Waals surface area contributed by atoms with Crippen LogP contribution in [0, 0.1) is 0 Å². The molecular formula is C24H24ClN3O4S. The Hall–Kier alpha value is -3.20. The first-order valence-corrected chi connectivity index (χ1v) is 11.9. The van der Waals surface area contributed by atoms with Crippen LogP contribution >= 0.6 is 11.6 Å². The van der Waals surface area contributed by atoms with Crippen LogP contribution in [0.15, 0.2) is 83.8 Å². The first kappa shape index (κ1) is 24.4. The molecule has 0 saturated heterocycles. The third kappa shape index (κ3) is 6.19. The molecule has 0 saturated carbocycles. The summed E-state index contributed by atoms with van der Waals surface area (Å²) in [6.07, 6.45) is -0.0298. The summed E-state index contributed by atoms with van der Waals surface area (Å²) in [6, 6.07) is 21.1. The van der Waals surface area contributed by atoms with E-state index < -0.39 is 16.1 Å². The molecular weight excluding hydrogens is 462 g/mol. The summed E-state index contributed by atoms with van der Waals surface area (Å²) in [7, 11) is -0.658. The predicted octanol–water partition coefficient (Wildman–Crippen LogP) is 4.09. The Labute approximate surface area is 198 Å². The molecule has 0 radical (unpaired) electrons. The molecule has 0 fully saturated rings. The lowest BCUT2D eigenvalue weighted by atomic mass is 10.0. The maximum atomic E-state index is 12.8. The summed E-state index contributed by atoms with van der Waals surface area (Å²) >= 11 is 6.14. The van der Waals surface area contributed by atoms with Crippen LogP contribution in [-0.4, -0.2) is 38.6 Å². The van der Waals surface area contributed by atoms with Gasteiger partial charge in [-0.15, -0.1) is 0 Å². The minimum Gasteiger partial charge on any atom is -0.345 e. The van der Waals surface area contributed by atoms with Crippen molar-refractivity contribution in [1.82, 2.24) is 9.62 Å². The maximum Gasteiger partial charge on any atom is 0.253 e. The number of carbonyl (C=O) groups excluding carboxylic acids is 2. The van der Waals surface area contributed by atoms with Gasteiger partial charge in [0.1, 0.15) is 0 Å². The first-order valence-electron chi connectivity index (χ1n) is 10.1. The van der Waals surface area contributed by atoms with Gasteiger partial charge in [-0.2, -0.15) is 0 Å². The van der Waals surface area contributed by atoms with E-state index in [4.69, 9.17) is 11.6 Å². The molecule has 0 unspecified atom stereocenters. The molecule has 7 nitrogen and oxygen atoms in total. The summed E-state index contributed by atoms with van der Waals surface area (Å²) in [5.41, 5.74) is 1.53. The number of nitrogens with zero attached hydrogens (tertiary/aromatic N) is 1. The van der Waals surface area contributed by atoms with E-state index >= 15 is 0 Å². The third-order valence-electron chi connectivity index (χ3n) is 4.93. The van der Waals surface area contributed by atoms with Crippen LogP contribution in [0.3, 0.4) is 0 Å². The van der Waals surface area contributed by atoms with Gasteiger partial charge in [-0.3, -0.25) is 9.59 Å². The van der Waals surface area contributed by atoms with Crippen molar-refractivity contribution in [1.29, 1.82) is 0 Å². The van der Waals surface area contributed by atoms with E-state index in [0.717, 1.165) is 9.87 Å².